The molecule has 17 heavy (non-hydrogen) atoms. The SMILES string of the molecule is COC(OC)c1[nH]c(-c2ccccc2)nc1I. The van der Waals surface area contributed by atoms with Gasteiger partial charge in [-0.3, -0.25) is 0 Å². The van der Waals surface area contributed by atoms with E-state index in [-0.39, 0.29) is 0 Å². The molecule has 1 N–H and O–H groups in total. The molecule has 0 aliphatic heterocycles. The van der Waals surface area contributed by atoms with Crippen molar-refractivity contribution in [3.63, 3.8) is 0 Å². The molecule has 2 rings (SSSR count). The Kier molecular flexibility index (Phi) is 4.14. The molecular formula is C12H13IN2O2. The first kappa shape index (κ1) is 12.5. The Morgan fingerprint density at radius 1 is 1.18 bits per heavy atom. The lowest BCUT2D eigenvalue weighted by atomic mass is 10.2. The van der Waals surface area contributed by atoms with Gasteiger partial charge in [0.2, 0.25) is 6.29 Å². The van der Waals surface area contributed by atoms with E-state index in [9.17, 15) is 0 Å². The lowest BCUT2D eigenvalue weighted by Gasteiger charge is -2.11. The normalized spacial score (nSPS) is 11.1. The number of imidazole rings is 1. The van der Waals surface area contributed by atoms with Crippen LogP contribution in [-0.2, 0) is 9.47 Å². The van der Waals surface area contributed by atoms with Crippen LogP contribution < -0.4 is 0 Å². The predicted molar refractivity (Wildman–Crippen MR) is 73.5 cm³/mol. The Morgan fingerprint density at radius 3 is 2.41 bits per heavy atom. The smallest absolute Gasteiger partial charge is 0.201 e. The molecule has 0 atom stereocenters. The number of methoxy groups -OCH3 is 2. The van der Waals surface area contributed by atoms with Gasteiger partial charge in [0.05, 0.1) is 0 Å². The van der Waals surface area contributed by atoms with Gasteiger partial charge in [0.15, 0.2) is 0 Å². The highest BCUT2D eigenvalue weighted by molar-refractivity contribution is 14.1. The Balaban J connectivity index is 2.37. The van der Waals surface area contributed by atoms with E-state index in [0.29, 0.717) is 0 Å². The van der Waals surface area contributed by atoms with Gasteiger partial charge in [-0.15, -0.1) is 0 Å². The highest BCUT2D eigenvalue weighted by Crippen LogP contribution is 2.25. The van der Waals surface area contributed by atoms with Gasteiger partial charge in [-0.25, -0.2) is 4.98 Å². The van der Waals surface area contributed by atoms with E-state index in [1.807, 2.05) is 30.3 Å². The average molecular weight is 344 g/mol. The van der Waals surface area contributed by atoms with Crippen LogP contribution in [0.15, 0.2) is 30.3 Å². The van der Waals surface area contributed by atoms with Gasteiger partial charge in [-0.2, -0.15) is 0 Å². The van der Waals surface area contributed by atoms with Gasteiger partial charge in [0, 0.05) is 19.8 Å². The molecule has 0 spiro atoms. The summed E-state index contributed by atoms with van der Waals surface area (Å²) in [5.74, 6) is 0.823. The number of halogens is 1. The number of nitrogens with one attached hydrogen (secondary N) is 1. The Bertz CT molecular complexity index is 481. The number of aromatic nitrogens is 2. The van der Waals surface area contributed by atoms with E-state index in [1.54, 1.807) is 14.2 Å². The minimum absolute atomic E-state index is 0.410. The number of hydrogen-bond donors (Lipinski definition) is 1. The Morgan fingerprint density at radius 2 is 1.82 bits per heavy atom. The van der Waals surface area contributed by atoms with Crippen LogP contribution in [0, 0.1) is 3.70 Å². The highest BCUT2D eigenvalue weighted by Gasteiger charge is 2.18. The Labute approximate surface area is 114 Å². The predicted octanol–water partition coefficient (Wildman–Crippen LogP) is 2.97. The fraction of sp³-hybridized carbons (Fsp3) is 0.250. The van der Waals surface area contributed by atoms with Crippen molar-refractivity contribution >= 4 is 22.6 Å². The van der Waals surface area contributed by atoms with Gasteiger partial charge in [0.1, 0.15) is 15.2 Å². The van der Waals surface area contributed by atoms with Crippen LogP contribution in [0.3, 0.4) is 0 Å². The average Bonchev–Trinajstić information content (AvgIpc) is 2.75. The summed E-state index contributed by atoms with van der Waals surface area (Å²) in [6.07, 6.45) is -0.410. The van der Waals surface area contributed by atoms with Crippen LogP contribution in [0.25, 0.3) is 11.4 Å². The molecule has 0 aliphatic carbocycles. The zero-order valence-corrected chi connectivity index (χ0v) is 11.8. The first-order chi connectivity index (χ1) is 8.26. The number of rotatable bonds is 4. The van der Waals surface area contributed by atoms with Crippen LogP contribution in [0.5, 0.6) is 0 Å². The molecule has 0 saturated carbocycles. The summed E-state index contributed by atoms with van der Waals surface area (Å²) in [5.41, 5.74) is 1.89. The minimum Gasteiger partial charge on any atom is -0.350 e. The lowest BCUT2D eigenvalue weighted by Crippen LogP contribution is -2.05. The highest BCUT2D eigenvalue weighted by atomic mass is 127. The van der Waals surface area contributed by atoms with Crippen LogP contribution >= 0.6 is 22.6 Å². The zero-order valence-electron chi connectivity index (χ0n) is 9.61. The molecule has 0 saturated heterocycles. The molecule has 1 heterocycles. The van der Waals surface area contributed by atoms with Gasteiger partial charge < -0.3 is 14.5 Å². The minimum atomic E-state index is -0.410. The molecule has 0 aliphatic rings. The summed E-state index contributed by atoms with van der Waals surface area (Å²) in [6, 6.07) is 9.95. The van der Waals surface area contributed by atoms with E-state index in [4.69, 9.17) is 9.47 Å². The molecule has 0 unspecified atom stereocenters. The molecule has 90 valence electrons. The maximum Gasteiger partial charge on any atom is 0.201 e. The molecule has 0 amide bonds. The van der Waals surface area contributed by atoms with Gasteiger partial charge in [-0.1, -0.05) is 30.3 Å². The molecule has 1 aromatic carbocycles. The van der Waals surface area contributed by atoms with Crippen LogP contribution in [-0.4, -0.2) is 24.2 Å². The number of H-pyrrole nitrogens is 1. The lowest BCUT2D eigenvalue weighted by molar-refractivity contribution is -0.108. The summed E-state index contributed by atoms with van der Waals surface area (Å²) >= 11 is 2.17. The van der Waals surface area contributed by atoms with Crippen molar-refractivity contribution in [2.75, 3.05) is 14.2 Å². The van der Waals surface area contributed by atoms with Crippen molar-refractivity contribution in [3.05, 3.63) is 39.7 Å². The zero-order chi connectivity index (χ0) is 12.3. The number of benzene rings is 1. The van der Waals surface area contributed by atoms with Crippen molar-refractivity contribution in [2.24, 2.45) is 0 Å². The third-order valence-corrected chi connectivity index (χ3v) is 3.22. The monoisotopic (exact) mass is 344 g/mol. The molecule has 2 aromatic rings. The number of aromatic amines is 1. The molecule has 0 radical (unpaired) electrons. The van der Waals surface area contributed by atoms with E-state index in [2.05, 4.69) is 32.6 Å². The van der Waals surface area contributed by atoms with Crippen LogP contribution in [0.2, 0.25) is 0 Å². The molecular weight excluding hydrogens is 331 g/mol. The summed E-state index contributed by atoms with van der Waals surface area (Å²) < 4.78 is 11.3. The van der Waals surface area contributed by atoms with Crippen molar-refractivity contribution in [2.45, 2.75) is 6.29 Å². The number of ether oxygens (including phenoxy) is 2. The molecule has 0 bridgehead atoms. The first-order valence-electron chi connectivity index (χ1n) is 5.12. The molecule has 4 nitrogen and oxygen atoms in total. The summed E-state index contributed by atoms with van der Waals surface area (Å²) in [6.45, 7) is 0. The van der Waals surface area contributed by atoms with E-state index in [0.717, 1.165) is 20.8 Å². The topological polar surface area (TPSA) is 47.1 Å². The molecule has 1 aromatic heterocycles. The quantitative estimate of drug-likeness (QED) is 0.685. The number of hydrogen-bond acceptors (Lipinski definition) is 3. The largest absolute Gasteiger partial charge is 0.350 e. The second-order valence-electron chi connectivity index (χ2n) is 3.46. The summed E-state index contributed by atoms with van der Waals surface area (Å²) in [4.78, 5) is 7.70. The second kappa shape index (κ2) is 5.61. The standard InChI is InChI=1S/C12H13IN2O2/c1-16-12(17-2)9-10(13)15-11(14-9)8-6-4-3-5-7-8/h3-7,12H,1-2H3,(H,14,15). The second-order valence-corrected chi connectivity index (χ2v) is 4.48. The van der Waals surface area contributed by atoms with E-state index in [1.165, 1.54) is 0 Å². The third-order valence-electron chi connectivity index (χ3n) is 2.40. The third kappa shape index (κ3) is 2.67. The van der Waals surface area contributed by atoms with Crippen molar-refractivity contribution in [1.29, 1.82) is 0 Å². The van der Waals surface area contributed by atoms with Gasteiger partial charge in [0.25, 0.3) is 0 Å². The molecule has 0 fully saturated rings. The maximum absolute atomic E-state index is 5.22. The molecule has 5 heteroatoms. The van der Waals surface area contributed by atoms with Crippen LogP contribution in [0.4, 0.5) is 0 Å². The first-order valence-corrected chi connectivity index (χ1v) is 6.20. The van der Waals surface area contributed by atoms with Gasteiger partial charge in [-0.05, 0) is 22.6 Å². The fourth-order valence-electron chi connectivity index (χ4n) is 1.59. The van der Waals surface area contributed by atoms with E-state index < -0.39 is 6.29 Å². The van der Waals surface area contributed by atoms with E-state index >= 15 is 0 Å². The summed E-state index contributed by atoms with van der Waals surface area (Å²) in [7, 11) is 3.21. The maximum atomic E-state index is 5.22. The van der Waals surface area contributed by atoms with Crippen molar-refractivity contribution < 1.29 is 9.47 Å². The van der Waals surface area contributed by atoms with Gasteiger partial charge >= 0.3 is 0 Å². The fourth-order valence-corrected chi connectivity index (χ4v) is 2.22. The Hall–Kier alpha value is -0.920. The van der Waals surface area contributed by atoms with Crippen LogP contribution in [0.1, 0.15) is 12.0 Å². The van der Waals surface area contributed by atoms with Crippen molar-refractivity contribution in [3.8, 4) is 11.4 Å². The summed E-state index contributed by atoms with van der Waals surface area (Å²) in [5, 5.41) is 0. The number of nitrogens with zero attached hydrogens (tertiary/aromatic N) is 1. The van der Waals surface area contributed by atoms with Crippen molar-refractivity contribution in [1.82, 2.24) is 9.97 Å².